The highest BCUT2D eigenvalue weighted by atomic mass is 79.9. The lowest BCUT2D eigenvalue weighted by Crippen LogP contribution is -2.50. The van der Waals surface area contributed by atoms with E-state index in [4.69, 9.17) is 11.6 Å². The van der Waals surface area contributed by atoms with Gasteiger partial charge in [0.1, 0.15) is 0 Å². The summed E-state index contributed by atoms with van der Waals surface area (Å²) in [5.74, 6) is -0.293. The van der Waals surface area contributed by atoms with Gasteiger partial charge in [0.05, 0.1) is 12.1 Å². The van der Waals surface area contributed by atoms with Crippen LogP contribution in [0.4, 0.5) is 0 Å². The zero-order valence-electron chi connectivity index (χ0n) is 8.87. The summed E-state index contributed by atoms with van der Waals surface area (Å²) >= 11 is 9.11. The van der Waals surface area contributed by atoms with Crippen LogP contribution >= 0.6 is 27.5 Å². The molecule has 0 aliphatic carbocycles. The normalized spacial score (nSPS) is 15.6. The molecule has 90 valence electrons. The number of piperazine rings is 1. The molecule has 17 heavy (non-hydrogen) atoms. The number of hydrogen-bond donors (Lipinski definition) is 1. The van der Waals surface area contributed by atoms with E-state index in [9.17, 15) is 9.59 Å². The number of carbonyl (C=O) groups excluding carboxylic acids is 2. The van der Waals surface area contributed by atoms with Crippen LogP contribution in [0.3, 0.4) is 0 Å². The third-order valence-corrected chi connectivity index (χ3v) is 3.38. The second-order valence-electron chi connectivity index (χ2n) is 3.70. The van der Waals surface area contributed by atoms with E-state index in [0.29, 0.717) is 28.1 Å². The van der Waals surface area contributed by atoms with Crippen LogP contribution in [-0.2, 0) is 4.79 Å². The molecule has 1 heterocycles. The lowest BCUT2D eigenvalue weighted by Gasteiger charge is -2.27. The lowest BCUT2D eigenvalue weighted by molar-refractivity contribution is -0.123. The molecule has 0 radical (unpaired) electrons. The van der Waals surface area contributed by atoms with Gasteiger partial charge in [-0.25, -0.2) is 0 Å². The zero-order valence-corrected chi connectivity index (χ0v) is 11.2. The van der Waals surface area contributed by atoms with E-state index in [1.165, 1.54) is 4.90 Å². The molecule has 1 aromatic rings. The molecule has 4 nitrogen and oxygen atoms in total. The SMILES string of the molecule is O=C1CN(C(=O)c2ccc(Cl)cc2Br)CCN1. The summed E-state index contributed by atoms with van der Waals surface area (Å²) in [6.07, 6.45) is 0. The van der Waals surface area contributed by atoms with Crippen molar-refractivity contribution in [2.45, 2.75) is 0 Å². The van der Waals surface area contributed by atoms with E-state index in [0.717, 1.165) is 0 Å². The van der Waals surface area contributed by atoms with E-state index in [1.807, 2.05) is 0 Å². The van der Waals surface area contributed by atoms with E-state index < -0.39 is 0 Å². The Morgan fingerprint density at radius 3 is 2.88 bits per heavy atom. The first-order chi connectivity index (χ1) is 8.08. The van der Waals surface area contributed by atoms with Crippen molar-refractivity contribution in [3.63, 3.8) is 0 Å². The van der Waals surface area contributed by atoms with Crippen LogP contribution in [0.25, 0.3) is 0 Å². The zero-order chi connectivity index (χ0) is 12.4. The number of hydrogen-bond acceptors (Lipinski definition) is 2. The van der Waals surface area contributed by atoms with Gasteiger partial charge < -0.3 is 10.2 Å². The average molecular weight is 318 g/mol. The molecule has 6 heteroatoms. The quantitative estimate of drug-likeness (QED) is 0.856. The molecule has 2 rings (SSSR count). The van der Waals surface area contributed by atoms with Gasteiger partial charge in [-0.1, -0.05) is 11.6 Å². The van der Waals surface area contributed by atoms with Crippen molar-refractivity contribution in [3.8, 4) is 0 Å². The highest BCUT2D eigenvalue weighted by Crippen LogP contribution is 2.23. The Bertz CT molecular complexity index is 479. The van der Waals surface area contributed by atoms with Crippen LogP contribution in [0, 0.1) is 0 Å². The first kappa shape index (κ1) is 12.4. The van der Waals surface area contributed by atoms with Crippen molar-refractivity contribution in [2.24, 2.45) is 0 Å². The highest BCUT2D eigenvalue weighted by Gasteiger charge is 2.23. The minimum absolute atomic E-state index is 0.105. The van der Waals surface area contributed by atoms with Gasteiger partial charge in [0.2, 0.25) is 5.91 Å². The van der Waals surface area contributed by atoms with Gasteiger partial charge >= 0.3 is 0 Å². The van der Waals surface area contributed by atoms with E-state index in [-0.39, 0.29) is 18.4 Å². The summed E-state index contributed by atoms with van der Waals surface area (Å²) in [4.78, 5) is 24.9. The standard InChI is InChI=1S/C11H10BrClN2O2/c12-9-5-7(13)1-2-8(9)11(17)15-4-3-14-10(16)6-15/h1-2,5H,3-4,6H2,(H,14,16). The van der Waals surface area contributed by atoms with Gasteiger partial charge in [-0.15, -0.1) is 0 Å². The van der Waals surface area contributed by atoms with Crippen molar-refractivity contribution in [2.75, 3.05) is 19.6 Å². The van der Waals surface area contributed by atoms with Gasteiger partial charge in [0, 0.05) is 22.6 Å². The molecule has 0 spiro atoms. The van der Waals surface area contributed by atoms with E-state index >= 15 is 0 Å². The number of benzene rings is 1. The summed E-state index contributed by atoms with van der Waals surface area (Å²) in [6, 6.07) is 4.98. The van der Waals surface area contributed by atoms with Gasteiger partial charge in [-0.05, 0) is 34.1 Å². The number of nitrogens with one attached hydrogen (secondary N) is 1. The van der Waals surface area contributed by atoms with Gasteiger partial charge in [0.15, 0.2) is 0 Å². The smallest absolute Gasteiger partial charge is 0.255 e. The fourth-order valence-corrected chi connectivity index (χ4v) is 2.50. The molecule has 1 saturated heterocycles. The predicted octanol–water partition coefficient (Wildman–Crippen LogP) is 1.67. The van der Waals surface area contributed by atoms with Crippen molar-refractivity contribution >= 4 is 39.3 Å². The fraction of sp³-hybridized carbons (Fsp3) is 0.273. The molecule has 0 unspecified atom stereocenters. The molecule has 0 saturated carbocycles. The summed E-state index contributed by atoms with van der Waals surface area (Å²) in [6.45, 7) is 1.13. The van der Waals surface area contributed by atoms with Crippen molar-refractivity contribution in [3.05, 3.63) is 33.3 Å². The molecule has 2 amide bonds. The number of carbonyl (C=O) groups is 2. The number of nitrogens with zero attached hydrogens (tertiary/aromatic N) is 1. The van der Waals surface area contributed by atoms with Gasteiger partial charge in [-0.3, -0.25) is 9.59 Å². The maximum atomic E-state index is 12.2. The Labute approximate surface area is 112 Å². The number of halogens is 2. The number of amides is 2. The molecule has 1 aromatic carbocycles. The largest absolute Gasteiger partial charge is 0.353 e. The fourth-order valence-electron chi connectivity index (χ4n) is 1.65. The average Bonchev–Trinajstić information content (AvgIpc) is 2.28. The Balaban J connectivity index is 2.21. The second-order valence-corrected chi connectivity index (χ2v) is 4.99. The molecule has 1 fully saturated rings. The molecular weight excluding hydrogens is 307 g/mol. The van der Waals surface area contributed by atoms with Crippen LogP contribution in [-0.4, -0.2) is 36.3 Å². The third-order valence-electron chi connectivity index (χ3n) is 2.49. The van der Waals surface area contributed by atoms with Gasteiger partial charge in [0.25, 0.3) is 5.91 Å². The molecule has 1 aliphatic rings. The predicted molar refractivity (Wildman–Crippen MR) is 68.1 cm³/mol. The maximum Gasteiger partial charge on any atom is 0.255 e. The summed E-state index contributed by atoms with van der Waals surface area (Å²) < 4.78 is 0.640. The van der Waals surface area contributed by atoms with Crippen LogP contribution < -0.4 is 5.32 Å². The van der Waals surface area contributed by atoms with E-state index in [1.54, 1.807) is 18.2 Å². The third kappa shape index (κ3) is 2.79. The maximum absolute atomic E-state index is 12.2. The van der Waals surface area contributed by atoms with Crippen molar-refractivity contribution < 1.29 is 9.59 Å². The topological polar surface area (TPSA) is 49.4 Å². The molecular formula is C11H10BrClN2O2. The Morgan fingerprint density at radius 1 is 1.47 bits per heavy atom. The summed E-state index contributed by atoms with van der Waals surface area (Å²) in [7, 11) is 0. The molecule has 0 bridgehead atoms. The molecule has 0 atom stereocenters. The number of rotatable bonds is 1. The first-order valence-corrected chi connectivity index (χ1v) is 6.26. The van der Waals surface area contributed by atoms with E-state index in [2.05, 4.69) is 21.2 Å². The van der Waals surface area contributed by atoms with Crippen LogP contribution in [0.1, 0.15) is 10.4 Å². The molecule has 0 aromatic heterocycles. The molecule has 1 N–H and O–H groups in total. The summed E-state index contributed by atoms with van der Waals surface area (Å²) in [5.41, 5.74) is 0.518. The first-order valence-electron chi connectivity index (χ1n) is 5.09. The Hall–Kier alpha value is -1.07. The highest BCUT2D eigenvalue weighted by molar-refractivity contribution is 9.10. The minimum Gasteiger partial charge on any atom is -0.353 e. The lowest BCUT2D eigenvalue weighted by atomic mass is 10.2. The van der Waals surface area contributed by atoms with Gasteiger partial charge in [-0.2, -0.15) is 0 Å². The van der Waals surface area contributed by atoms with Crippen LogP contribution in [0.2, 0.25) is 5.02 Å². The molecule has 1 aliphatic heterocycles. The summed E-state index contributed by atoms with van der Waals surface area (Å²) in [5, 5.41) is 3.24. The van der Waals surface area contributed by atoms with Crippen LogP contribution in [0.15, 0.2) is 22.7 Å². The van der Waals surface area contributed by atoms with Crippen molar-refractivity contribution in [1.29, 1.82) is 0 Å². The monoisotopic (exact) mass is 316 g/mol. The van der Waals surface area contributed by atoms with Crippen molar-refractivity contribution in [1.82, 2.24) is 10.2 Å². The van der Waals surface area contributed by atoms with Crippen LogP contribution in [0.5, 0.6) is 0 Å². The Morgan fingerprint density at radius 2 is 2.24 bits per heavy atom. The second kappa shape index (κ2) is 5.06. The minimum atomic E-state index is -0.164. The Kier molecular flexibility index (Phi) is 3.69.